The maximum absolute atomic E-state index is 6.75. The average molecular weight is 435 g/mol. The number of benzene rings is 1. The lowest BCUT2D eigenvalue weighted by atomic mass is 10.0. The lowest BCUT2D eigenvalue weighted by Gasteiger charge is -2.43. The van der Waals surface area contributed by atoms with Gasteiger partial charge in [-0.25, -0.2) is 0 Å². The summed E-state index contributed by atoms with van der Waals surface area (Å²) in [4.78, 5) is 0. The molecule has 1 aromatic rings. The maximum atomic E-state index is 6.75. The molecule has 1 aliphatic heterocycles. The molecule has 0 aromatic heterocycles. The third-order valence-electron chi connectivity index (χ3n) is 6.94. The highest BCUT2D eigenvalue weighted by molar-refractivity contribution is 6.74. The number of hydrogen-bond acceptors (Lipinski definition) is 3. The van der Waals surface area contributed by atoms with Crippen LogP contribution in [0.4, 0.5) is 0 Å². The molecule has 164 valence electrons. The Hall–Kier alpha value is -0.726. The molecule has 1 aliphatic rings. The molecule has 2 rings (SSSR count). The van der Waals surface area contributed by atoms with E-state index < -0.39 is 16.6 Å². The lowest BCUT2D eigenvalue weighted by Crippen LogP contribution is -2.51. The zero-order valence-corrected chi connectivity index (χ0v) is 22.2. The second-order valence-electron chi connectivity index (χ2n) is 11.3. The molecule has 0 amide bonds. The van der Waals surface area contributed by atoms with Crippen LogP contribution in [0.15, 0.2) is 42.5 Å². The summed E-state index contributed by atoms with van der Waals surface area (Å²) in [7, 11) is -3.79. The minimum absolute atomic E-state index is 0.0523. The molecular weight excluding hydrogens is 392 g/mol. The van der Waals surface area contributed by atoms with Crippen molar-refractivity contribution in [2.45, 2.75) is 96.1 Å². The molecule has 0 fully saturated rings. The van der Waals surface area contributed by atoms with E-state index in [1.54, 1.807) is 0 Å². The van der Waals surface area contributed by atoms with Crippen LogP contribution in [-0.4, -0.2) is 35.4 Å². The lowest BCUT2D eigenvalue weighted by molar-refractivity contribution is -0.0739. The van der Waals surface area contributed by atoms with Gasteiger partial charge in [-0.05, 0) is 41.8 Å². The van der Waals surface area contributed by atoms with Gasteiger partial charge in [0.15, 0.2) is 16.6 Å². The van der Waals surface area contributed by atoms with Crippen LogP contribution < -0.4 is 0 Å². The molecule has 0 bridgehead atoms. The Morgan fingerprint density at radius 1 is 0.828 bits per heavy atom. The molecule has 29 heavy (non-hydrogen) atoms. The van der Waals surface area contributed by atoms with Gasteiger partial charge in [0.05, 0.1) is 12.7 Å². The summed E-state index contributed by atoms with van der Waals surface area (Å²) in [6, 6.07) is 10.4. The second kappa shape index (κ2) is 8.79. The third kappa shape index (κ3) is 6.14. The molecule has 0 aliphatic carbocycles. The maximum Gasteiger partial charge on any atom is 0.193 e. The standard InChI is InChI=1S/C24H42O3Si2/c1-23(2,3)28(7,8)25-18-22-21(27-29(9,10)24(4,5)6)17-16-20(26-22)19-14-12-11-13-15-19/h11-17,20-22H,18H2,1-10H3/t20-,21-,22+/m0/s1. The van der Waals surface area contributed by atoms with Crippen LogP contribution in [0.2, 0.25) is 36.3 Å². The molecule has 3 atom stereocenters. The van der Waals surface area contributed by atoms with E-state index >= 15 is 0 Å². The molecule has 0 saturated heterocycles. The van der Waals surface area contributed by atoms with Gasteiger partial charge in [0.2, 0.25) is 0 Å². The van der Waals surface area contributed by atoms with E-state index in [0.717, 1.165) is 0 Å². The molecule has 5 heteroatoms. The number of ether oxygens (including phenoxy) is 1. The first kappa shape index (κ1) is 24.5. The van der Waals surface area contributed by atoms with Gasteiger partial charge < -0.3 is 13.6 Å². The van der Waals surface area contributed by atoms with Crippen molar-refractivity contribution in [3.05, 3.63) is 48.0 Å². The number of hydrogen-bond donors (Lipinski definition) is 0. The van der Waals surface area contributed by atoms with E-state index in [0.29, 0.717) is 6.61 Å². The van der Waals surface area contributed by atoms with Crippen LogP contribution in [0.25, 0.3) is 0 Å². The Kier molecular flexibility index (Phi) is 7.44. The van der Waals surface area contributed by atoms with Gasteiger partial charge in [0.1, 0.15) is 12.2 Å². The Morgan fingerprint density at radius 3 is 1.90 bits per heavy atom. The fourth-order valence-corrected chi connectivity index (χ4v) is 5.03. The van der Waals surface area contributed by atoms with E-state index in [1.807, 2.05) is 6.07 Å². The molecule has 3 nitrogen and oxygen atoms in total. The quantitative estimate of drug-likeness (QED) is 0.353. The fourth-order valence-electron chi connectivity index (χ4n) is 2.75. The van der Waals surface area contributed by atoms with Crippen LogP contribution in [0, 0.1) is 0 Å². The first-order chi connectivity index (χ1) is 13.1. The van der Waals surface area contributed by atoms with Gasteiger partial charge in [-0.15, -0.1) is 0 Å². The first-order valence-corrected chi connectivity index (χ1v) is 16.7. The van der Waals surface area contributed by atoms with Gasteiger partial charge in [-0.1, -0.05) is 84.0 Å². The predicted octanol–water partition coefficient (Wildman–Crippen LogP) is 7.09. The predicted molar refractivity (Wildman–Crippen MR) is 128 cm³/mol. The molecule has 0 spiro atoms. The van der Waals surface area contributed by atoms with Gasteiger partial charge >= 0.3 is 0 Å². The molecule has 0 radical (unpaired) electrons. The van der Waals surface area contributed by atoms with Gasteiger partial charge in [-0.2, -0.15) is 0 Å². The van der Waals surface area contributed by atoms with Crippen molar-refractivity contribution >= 4 is 16.6 Å². The molecule has 0 saturated carbocycles. The van der Waals surface area contributed by atoms with Crippen molar-refractivity contribution in [3.8, 4) is 0 Å². The summed E-state index contributed by atoms with van der Waals surface area (Å²) < 4.78 is 19.9. The van der Waals surface area contributed by atoms with Crippen LogP contribution >= 0.6 is 0 Å². The van der Waals surface area contributed by atoms with E-state index in [1.165, 1.54) is 5.56 Å². The van der Waals surface area contributed by atoms with Gasteiger partial charge in [0, 0.05) is 0 Å². The van der Waals surface area contributed by atoms with Crippen molar-refractivity contribution in [2.24, 2.45) is 0 Å². The zero-order chi connectivity index (χ0) is 22.1. The Balaban J connectivity index is 2.24. The van der Waals surface area contributed by atoms with Gasteiger partial charge in [-0.3, -0.25) is 0 Å². The molecule has 0 N–H and O–H groups in total. The highest BCUT2D eigenvalue weighted by Crippen LogP contribution is 2.40. The van der Waals surface area contributed by atoms with Crippen molar-refractivity contribution in [3.63, 3.8) is 0 Å². The molecule has 0 unspecified atom stereocenters. The number of rotatable bonds is 6. The second-order valence-corrected chi connectivity index (χ2v) is 20.9. The Bertz CT molecular complexity index is 684. The van der Waals surface area contributed by atoms with E-state index in [9.17, 15) is 0 Å². The largest absolute Gasteiger partial charge is 0.414 e. The van der Waals surface area contributed by atoms with Crippen molar-refractivity contribution < 1.29 is 13.6 Å². The zero-order valence-electron chi connectivity index (χ0n) is 20.2. The van der Waals surface area contributed by atoms with Crippen LogP contribution in [0.1, 0.15) is 53.2 Å². The minimum Gasteiger partial charge on any atom is -0.414 e. The summed E-state index contributed by atoms with van der Waals surface area (Å²) in [6.07, 6.45) is 4.13. The molecule has 1 heterocycles. The SMILES string of the molecule is CC(C)(C)[Si](C)(C)OC[C@H]1O[C@H](c2ccccc2)C=C[C@@H]1O[Si](C)(C)C(C)(C)C. The highest BCUT2D eigenvalue weighted by Gasteiger charge is 2.43. The van der Waals surface area contributed by atoms with E-state index in [-0.39, 0.29) is 28.4 Å². The first-order valence-electron chi connectivity index (χ1n) is 10.8. The van der Waals surface area contributed by atoms with Crippen LogP contribution in [-0.2, 0) is 13.6 Å². The van der Waals surface area contributed by atoms with E-state index in [4.69, 9.17) is 13.6 Å². The van der Waals surface area contributed by atoms with Gasteiger partial charge in [0.25, 0.3) is 0 Å². The third-order valence-corrected chi connectivity index (χ3v) is 15.9. The van der Waals surface area contributed by atoms with Crippen molar-refractivity contribution in [2.75, 3.05) is 6.61 Å². The fraction of sp³-hybridized carbons (Fsp3) is 0.667. The summed E-state index contributed by atoms with van der Waals surface area (Å²) in [5.41, 5.74) is 1.17. The van der Waals surface area contributed by atoms with Crippen LogP contribution in [0.3, 0.4) is 0 Å². The molecular formula is C24H42O3Si2. The minimum atomic E-state index is -1.92. The van der Waals surface area contributed by atoms with Crippen LogP contribution in [0.5, 0.6) is 0 Å². The monoisotopic (exact) mass is 434 g/mol. The van der Waals surface area contributed by atoms with E-state index in [2.05, 4.69) is 104 Å². The molecule has 1 aromatic carbocycles. The summed E-state index contributed by atoms with van der Waals surface area (Å²) in [5, 5.41) is 0.327. The normalized spacial score (nSPS) is 24.0. The Labute approximate surface area is 181 Å². The summed E-state index contributed by atoms with van der Waals surface area (Å²) in [5.74, 6) is 0. The Morgan fingerprint density at radius 2 is 1.38 bits per heavy atom. The smallest absolute Gasteiger partial charge is 0.193 e. The summed E-state index contributed by atoms with van der Waals surface area (Å²) in [6.45, 7) is 23.4. The van der Waals surface area contributed by atoms with Crippen molar-refractivity contribution in [1.82, 2.24) is 0 Å². The average Bonchev–Trinajstić information content (AvgIpc) is 2.59. The highest BCUT2D eigenvalue weighted by atomic mass is 28.4. The van der Waals surface area contributed by atoms with Crippen molar-refractivity contribution in [1.29, 1.82) is 0 Å². The summed E-state index contributed by atoms with van der Waals surface area (Å²) >= 11 is 0. The topological polar surface area (TPSA) is 27.7 Å².